The Morgan fingerprint density at radius 3 is 2.77 bits per heavy atom. The first-order valence-electron chi connectivity index (χ1n) is 7.38. The minimum atomic E-state index is -0.532. The Balaban J connectivity index is 2.17. The molecule has 1 aliphatic rings. The Hall–Kier alpha value is -1.59. The van der Waals surface area contributed by atoms with Crippen LogP contribution in [-0.2, 0) is 16.1 Å². The molecule has 1 fully saturated rings. The molecule has 0 bridgehead atoms. The van der Waals surface area contributed by atoms with Crippen LogP contribution in [0.25, 0.3) is 0 Å². The summed E-state index contributed by atoms with van der Waals surface area (Å²) >= 11 is 5.99. The van der Waals surface area contributed by atoms with Gasteiger partial charge in [-0.2, -0.15) is 0 Å². The van der Waals surface area contributed by atoms with Gasteiger partial charge >= 0.3 is 0 Å². The van der Waals surface area contributed by atoms with E-state index in [2.05, 4.69) is 5.32 Å². The first-order chi connectivity index (χ1) is 10.3. The standard InChI is InChI=1S/C16H22ClN3O2/c1-16(2)13(9-14(21)19-16)15(22)20(7-6-18)10-11-4-3-5-12(17)8-11/h3-5,8,13H,6-7,9-10,18H2,1-2H3,(H,19,21). The summed E-state index contributed by atoms with van der Waals surface area (Å²) in [6.07, 6.45) is 0.225. The minimum Gasteiger partial charge on any atom is -0.350 e. The predicted octanol–water partition coefficient (Wildman–Crippen LogP) is 1.54. The number of nitrogens with two attached hydrogens (primary N) is 1. The molecule has 0 spiro atoms. The maximum Gasteiger partial charge on any atom is 0.228 e. The largest absolute Gasteiger partial charge is 0.350 e. The number of nitrogens with one attached hydrogen (secondary N) is 1. The maximum atomic E-state index is 12.8. The van der Waals surface area contributed by atoms with E-state index in [-0.39, 0.29) is 24.2 Å². The molecule has 1 aliphatic heterocycles. The highest BCUT2D eigenvalue weighted by atomic mass is 35.5. The molecule has 2 rings (SSSR count). The summed E-state index contributed by atoms with van der Waals surface area (Å²) in [4.78, 5) is 26.2. The smallest absolute Gasteiger partial charge is 0.228 e. The lowest BCUT2D eigenvalue weighted by atomic mass is 9.88. The van der Waals surface area contributed by atoms with Gasteiger partial charge < -0.3 is 16.0 Å². The molecular formula is C16H22ClN3O2. The van der Waals surface area contributed by atoms with Crippen LogP contribution in [0.3, 0.4) is 0 Å². The van der Waals surface area contributed by atoms with Gasteiger partial charge in [0, 0.05) is 36.6 Å². The van der Waals surface area contributed by atoms with E-state index in [1.165, 1.54) is 0 Å². The number of rotatable bonds is 5. The third-order valence-electron chi connectivity index (χ3n) is 3.99. The molecule has 3 N–H and O–H groups in total. The number of benzene rings is 1. The molecule has 6 heteroatoms. The van der Waals surface area contributed by atoms with Crippen LogP contribution in [-0.4, -0.2) is 35.3 Å². The number of carbonyl (C=O) groups is 2. The molecule has 5 nitrogen and oxygen atoms in total. The van der Waals surface area contributed by atoms with E-state index < -0.39 is 5.54 Å². The lowest BCUT2D eigenvalue weighted by Crippen LogP contribution is -2.48. The molecule has 120 valence electrons. The van der Waals surface area contributed by atoms with Gasteiger partial charge in [-0.1, -0.05) is 23.7 Å². The van der Waals surface area contributed by atoms with E-state index in [1.807, 2.05) is 32.0 Å². The third-order valence-corrected chi connectivity index (χ3v) is 4.23. The van der Waals surface area contributed by atoms with Crippen LogP contribution in [0, 0.1) is 5.92 Å². The summed E-state index contributed by atoms with van der Waals surface area (Å²) in [5, 5.41) is 3.49. The van der Waals surface area contributed by atoms with Crippen molar-refractivity contribution in [2.45, 2.75) is 32.4 Å². The average Bonchev–Trinajstić information content (AvgIpc) is 2.70. The van der Waals surface area contributed by atoms with Crippen LogP contribution in [0.1, 0.15) is 25.8 Å². The fourth-order valence-electron chi connectivity index (χ4n) is 2.83. The van der Waals surface area contributed by atoms with E-state index in [0.717, 1.165) is 5.56 Å². The van der Waals surface area contributed by atoms with Gasteiger partial charge in [0.2, 0.25) is 11.8 Å². The number of amides is 2. The maximum absolute atomic E-state index is 12.8. The predicted molar refractivity (Wildman–Crippen MR) is 86.3 cm³/mol. The molecule has 1 atom stereocenters. The number of hydrogen-bond acceptors (Lipinski definition) is 3. The molecule has 0 aliphatic carbocycles. The van der Waals surface area contributed by atoms with Crippen LogP contribution < -0.4 is 11.1 Å². The zero-order valence-corrected chi connectivity index (χ0v) is 13.7. The second kappa shape index (κ2) is 6.67. The Bertz CT molecular complexity index is 574. The van der Waals surface area contributed by atoms with Crippen molar-refractivity contribution in [3.05, 3.63) is 34.9 Å². The van der Waals surface area contributed by atoms with Crippen molar-refractivity contribution in [3.8, 4) is 0 Å². The van der Waals surface area contributed by atoms with Crippen LogP contribution in [0.5, 0.6) is 0 Å². The molecule has 0 radical (unpaired) electrons. The van der Waals surface area contributed by atoms with E-state index in [0.29, 0.717) is 24.7 Å². The molecule has 1 saturated heterocycles. The highest BCUT2D eigenvalue weighted by Crippen LogP contribution is 2.29. The van der Waals surface area contributed by atoms with Crippen molar-refractivity contribution >= 4 is 23.4 Å². The first kappa shape index (κ1) is 16.8. The highest BCUT2D eigenvalue weighted by molar-refractivity contribution is 6.30. The van der Waals surface area contributed by atoms with Crippen molar-refractivity contribution in [2.75, 3.05) is 13.1 Å². The normalized spacial score (nSPS) is 19.8. The van der Waals surface area contributed by atoms with Crippen molar-refractivity contribution in [1.82, 2.24) is 10.2 Å². The molecular weight excluding hydrogens is 302 g/mol. The summed E-state index contributed by atoms with van der Waals surface area (Å²) in [5.74, 6) is -0.502. The van der Waals surface area contributed by atoms with Crippen LogP contribution in [0.15, 0.2) is 24.3 Å². The van der Waals surface area contributed by atoms with Crippen molar-refractivity contribution in [1.29, 1.82) is 0 Å². The van der Waals surface area contributed by atoms with Crippen molar-refractivity contribution in [2.24, 2.45) is 11.7 Å². The first-order valence-corrected chi connectivity index (χ1v) is 7.75. The Morgan fingerprint density at radius 2 is 2.23 bits per heavy atom. The number of hydrogen-bond donors (Lipinski definition) is 2. The van der Waals surface area contributed by atoms with Gasteiger partial charge in [-0.3, -0.25) is 9.59 Å². The Labute approximate surface area is 135 Å². The van der Waals surface area contributed by atoms with Gasteiger partial charge in [-0.25, -0.2) is 0 Å². The molecule has 1 aromatic rings. The van der Waals surface area contributed by atoms with Gasteiger partial charge in [0.25, 0.3) is 0 Å². The molecule has 22 heavy (non-hydrogen) atoms. The van der Waals surface area contributed by atoms with E-state index >= 15 is 0 Å². The zero-order chi connectivity index (χ0) is 16.3. The SMILES string of the molecule is CC1(C)NC(=O)CC1C(=O)N(CCN)Cc1cccc(Cl)c1. The Morgan fingerprint density at radius 1 is 1.50 bits per heavy atom. The molecule has 2 amide bonds. The number of nitrogens with zero attached hydrogens (tertiary/aromatic N) is 1. The fraction of sp³-hybridized carbons (Fsp3) is 0.500. The van der Waals surface area contributed by atoms with Gasteiger partial charge in [-0.15, -0.1) is 0 Å². The van der Waals surface area contributed by atoms with Crippen LogP contribution >= 0.6 is 11.6 Å². The summed E-state index contributed by atoms with van der Waals surface area (Å²) < 4.78 is 0. The van der Waals surface area contributed by atoms with Crippen molar-refractivity contribution < 1.29 is 9.59 Å². The third kappa shape index (κ3) is 3.78. The number of halogens is 1. The second-order valence-electron chi connectivity index (χ2n) is 6.20. The lowest BCUT2D eigenvalue weighted by Gasteiger charge is -2.31. The quantitative estimate of drug-likeness (QED) is 0.863. The summed E-state index contributed by atoms with van der Waals surface area (Å²) in [6, 6.07) is 7.41. The molecule has 1 unspecified atom stereocenters. The molecule has 0 saturated carbocycles. The van der Waals surface area contributed by atoms with Gasteiger partial charge in [0.15, 0.2) is 0 Å². The van der Waals surface area contributed by atoms with E-state index in [4.69, 9.17) is 17.3 Å². The molecule has 1 aromatic carbocycles. The molecule has 1 heterocycles. The summed E-state index contributed by atoms with van der Waals surface area (Å²) in [7, 11) is 0. The number of carbonyl (C=O) groups excluding carboxylic acids is 2. The van der Waals surface area contributed by atoms with Crippen LogP contribution in [0.2, 0.25) is 5.02 Å². The van der Waals surface area contributed by atoms with Crippen molar-refractivity contribution in [3.63, 3.8) is 0 Å². The van der Waals surface area contributed by atoms with Gasteiger partial charge in [0.1, 0.15) is 0 Å². The topological polar surface area (TPSA) is 75.4 Å². The second-order valence-corrected chi connectivity index (χ2v) is 6.64. The zero-order valence-electron chi connectivity index (χ0n) is 12.9. The minimum absolute atomic E-state index is 0.0474. The van der Waals surface area contributed by atoms with Gasteiger partial charge in [-0.05, 0) is 31.5 Å². The van der Waals surface area contributed by atoms with E-state index in [1.54, 1.807) is 11.0 Å². The van der Waals surface area contributed by atoms with Gasteiger partial charge in [0.05, 0.1) is 5.92 Å². The monoisotopic (exact) mass is 323 g/mol. The Kier molecular flexibility index (Phi) is 5.08. The molecule has 0 aromatic heterocycles. The van der Waals surface area contributed by atoms with E-state index in [9.17, 15) is 9.59 Å². The fourth-order valence-corrected chi connectivity index (χ4v) is 3.05. The lowest BCUT2D eigenvalue weighted by molar-refractivity contribution is -0.138. The average molecular weight is 324 g/mol. The van der Waals surface area contributed by atoms with Crippen LogP contribution in [0.4, 0.5) is 0 Å². The summed E-state index contributed by atoms with van der Waals surface area (Å²) in [6.45, 7) is 5.02. The highest BCUT2D eigenvalue weighted by Gasteiger charge is 2.44. The summed E-state index contributed by atoms with van der Waals surface area (Å²) in [5.41, 5.74) is 6.06.